The maximum atomic E-state index is 12.7. The maximum Gasteiger partial charge on any atom is 0.332 e. The monoisotopic (exact) mass is 427 g/mol. The summed E-state index contributed by atoms with van der Waals surface area (Å²) >= 11 is 0. The first-order valence-electron chi connectivity index (χ1n) is 11.0. The molecule has 1 aliphatic heterocycles. The Morgan fingerprint density at radius 3 is 2.68 bits per heavy atom. The Bertz CT molecular complexity index is 999. The summed E-state index contributed by atoms with van der Waals surface area (Å²) in [7, 11) is 3.54. The van der Waals surface area contributed by atoms with Crippen LogP contribution in [-0.4, -0.2) is 48.3 Å². The lowest BCUT2D eigenvalue weighted by atomic mass is 9.97. The molecule has 1 amide bonds. The van der Waals surface area contributed by atoms with Crippen molar-refractivity contribution in [3.8, 4) is 0 Å². The SMILES string of the molecule is CCn1c(N2CCCC(C(=O)NCCCN(C)c3ccccc3)C2)cc(=O)n(C)c1=O. The summed E-state index contributed by atoms with van der Waals surface area (Å²) in [6.45, 7) is 5.09. The zero-order valence-corrected chi connectivity index (χ0v) is 18.7. The van der Waals surface area contributed by atoms with Gasteiger partial charge in [0, 0.05) is 58.6 Å². The van der Waals surface area contributed by atoms with Crippen LogP contribution >= 0.6 is 0 Å². The second-order valence-corrected chi connectivity index (χ2v) is 8.11. The molecule has 2 heterocycles. The van der Waals surface area contributed by atoms with Gasteiger partial charge in [0.15, 0.2) is 0 Å². The number of amides is 1. The third-order valence-corrected chi connectivity index (χ3v) is 5.98. The molecule has 0 spiro atoms. The van der Waals surface area contributed by atoms with Crippen LogP contribution in [0.2, 0.25) is 0 Å². The smallest absolute Gasteiger partial charge is 0.332 e. The fourth-order valence-corrected chi connectivity index (χ4v) is 4.10. The van der Waals surface area contributed by atoms with Crippen molar-refractivity contribution < 1.29 is 4.79 Å². The van der Waals surface area contributed by atoms with Crippen LogP contribution in [0.1, 0.15) is 26.2 Å². The number of nitrogens with one attached hydrogen (secondary N) is 1. The van der Waals surface area contributed by atoms with Gasteiger partial charge in [-0.15, -0.1) is 0 Å². The minimum Gasteiger partial charge on any atom is -0.375 e. The number of piperidine rings is 1. The lowest BCUT2D eigenvalue weighted by Crippen LogP contribution is -2.47. The van der Waals surface area contributed by atoms with Gasteiger partial charge in [-0.1, -0.05) is 18.2 Å². The number of benzene rings is 1. The third kappa shape index (κ3) is 5.37. The summed E-state index contributed by atoms with van der Waals surface area (Å²) in [5, 5.41) is 3.07. The quantitative estimate of drug-likeness (QED) is 0.645. The van der Waals surface area contributed by atoms with E-state index in [9.17, 15) is 14.4 Å². The molecule has 0 saturated carbocycles. The highest BCUT2D eigenvalue weighted by Crippen LogP contribution is 2.22. The zero-order chi connectivity index (χ0) is 22.4. The van der Waals surface area contributed by atoms with Gasteiger partial charge in [0.2, 0.25) is 5.91 Å². The largest absolute Gasteiger partial charge is 0.375 e. The van der Waals surface area contributed by atoms with Crippen molar-refractivity contribution >= 4 is 17.4 Å². The van der Waals surface area contributed by atoms with E-state index in [2.05, 4.69) is 22.3 Å². The predicted molar refractivity (Wildman–Crippen MR) is 124 cm³/mol. The van der Waals surface area contributed by atoms with Gasteiger partial charge in [0.05, 0.1) is 5.92 Å². The van der Waals surface area contributed by atoms with Gasteiger partial charge in [0.1, 0.15) is 5.82 Å². The fourth-order valence-electron chi connectivity index (χ4n) is 4.10. The molecule has 8 heteroatoms. The molecule has 1 saturated heterocycles. The number of para-hydroxylation sites is 1. The van der Waals surface area contributed by atoms with Crippen molar-refractivity contribution in [3.63, 3.8) is 0 Å². The molecule has 3 rings (SSSR count). The molecule has 1 unspecified atom stereocenters. The van der Waals surface area contributed by atoms with E-state index in [0.717, 1.165) is 42.6 Å². The maximum absolute atomic E-state index is 12.7. The summed E-state index contributed by atoms with van der Waals surface area (Å²) in [5.74, 6) is 0.504. The zero-order valence-electron chi connectivity index (χ0n) is 18.7. The highest BCUT2D eigenvalue weighted by molar-refractivity contribution is 5.79. The van der Waals surface area contributed by atoms with Crippen LogP contribution in [0.4, 0.5) is 11.5 Å². The lowest BCUT2D eigenvalue weighted by molar-refractivity contribution is -0.125. The standard InChI is InChI=1S/C23H33N5O3/c1-4-28-20(16-21(29)26(3)23(28)31)27-15-8-10-18(17-27)22(30)24-13-9-14-25(2)19-11-6-5-7-12-19/h5-7,11-12,16,18H,4,8-10,13-15,17H2,1-3H3,(H,24,30). The van der Waals surface area contributed by atoms with Crippen molar-refractivity contribution in [2.75, 3.05) is 43.0 Å². The van der Waals surface area contributed by atoms with E-state index in [1.54, 1.807) is 4.57 Å². The molecule has 8 nitrogen and oxygen atoms in total. The van der Waals surface area contributed by atoms with Crippen molar-refractivity contribution in [3.05, 3.63) is 57.2 Å². The van der Waals surface area contributed by atoms with E-state index in [1.165, 1.54) is 13.1 Å². The van der Waals surface area contributed by atoms with Crippen LogP contribution in [0.3, 0.4) is 0 Å². The van der Waals surface area contributed by atoms with Crippen LogP contribution in [0, 0.1) is 5.92 Å². The van der Waals surface area contributed by atoms with Crippen LogP contribution in [-0.2, 0) is 18.4 Å². The average molecular weight is 428 g/mol. The number of aromatic nitrogens is 2. The number of hydrogen-bond donors (Lipinski definition) is 1. The van der Waals surface area contributed by atoms with Gasteiger partial charge >= 0.3 is 5.69 Å². The van der Waals surface area contributed by atoms with Crippen molar-refractivity contribution in [1.82, 2.24) is 14.5 Å². The van der Waals surface area contributed by atoms with Crippen LogP contribution in [0.15, 0.2) is 46.0 Å². The van der Waals surface area contributed by atoms with Crippen LogP contribution in [0.5, 0.6) is 0 Å². The fraction of sp³-hybridized carbons (Fsp3) is 0.522. The summed E-state index contributed by atoms with van der Waals surface area (Å²) < 4.78 is 2.72. The van der Waals surface area contributed by atoms with Gasteiger partial charge < -0.3 is 15.1 Å². The normalized spacial score (nSPS) is 16.2. The second kappa shape index (κ2) is 10.3. The Kier molecular flexibility index (Phi) is 7.55. The average Bonchev–Trinajstić information content (AvgIpc) is 2.80. The number of carbonyl (C=O) groups is 1. The molecule has 1 aromatic carbocycles. The second-order valence-electron chi connectivity index (χ2n) is 8.11. The van der Waals surface area contributed by atoms with Crippen LogP contribution in [0.25, 0.3) is 0 Å². The summed E-state index contributed by atoms with van der Waals surface area (Å²) in [5.41, 5.74) is 0.519. The molecule has 31 heavy (non-hydrogen) atoms. The molecule has 1 fully saturated rings. The molecule has 1 aliphatic rings. The van der Waals surface area contributed by atoms with Crippen LogP contribution < -0.4 is 26.4 Å². The molecule has 168 valence electrons. The summed E-state index contributed by atoms with van der Waals surface area (Å²) in [6, 6.07) is 11.7. The first-order chi connectivity index (χ1) is 14.9. The van der Waals surface area contributed by atoms with Gasteiger partial charge in [0.25, 0.3) is 5.56 Å². The molecular formula is C23H33N5O3. The number of hydrogen-bond acceptors (Lipinski definition) is 5. The Labute approximate surface area is 183 Å². The number of carbonyl (C=O) groups excluding carboxylic acids is 1. The van der Waals surface area contributed by atoms with E-state index in [4.69, 9.17) is 0 Å². The van der Waals surface area contributed by atoms with Gasteiger partial charge in [-0.05, 0) is 38.3 Å². The highest BCUT2D eigenvalue weighted by Gasteiger charge is 2.27. The minimum atomic E-state index is -0.321. The summed E-state index contributed by atoms with van der Waals surface area (Å²) in [6.07, 6.45) is 2.52. The van der Waals surface area contributed by atoms with E-state index in [1.807, 2.05) is 37.1 Å². The van der Waals surface area contributed by atoms with Gasteiger partial charge in [-0.3, -0.25) is 18.7 Å². The van der Waals surface area contributed by atoms with E-state index in [0.29, 0.717) is 25.5 Å². The first-order valence-corrected chi connectivity index (χ1v) is 11.0. The van der Waals surface area contributed by atoms with Crippen molar-refractivity contribution in [2.45, 2.75) is 32.7 Å². The Morgan fingerprint density at radius 1 is 1.23 bits per heavy atom. The molecule has 0 bridgehead atoms. The third-order valence-electron chi connectivity index (χ3n) is 5.98. The number of nitrogens with zero attached hydrogens (tertiary/aromatic N) is 4. The van der Waals surface area contributed by atoms with Crippen molar-refractivity contribution in [2.24, 2.45) is 13.0 Å². The predicted octanol–water partition coefficient (Wildman–Crippen LogP) is 1.43. The molecule has 1 N–H and O–H groups in total. The molecule has 1 atom stereocenters. The van der Waals surface area contributed by atoms with E-state index < -0.39 is 0 Å². The van der Waals surface area contributed by atoms with E-state index >= 15 is 0 Å². The lowest BCUT2D eigenvalue weighted by Gasteiger charge is -2.34. The minimum absolute atomic E-state index is 0.0429. The Balaban J connectivity index is 1.55. The highest BCUT2D eigenvalue weighted by atomic mass is 16.2. The first kappa shape index (κ1) is 22.7. The Morgan fingerprint density at radius 2 is 1.97 bits per heavy atom. The van der Waals surface area contributed by atoms with Gasteiger partial charge in [-0.25, -0.2) is 4.79 Å². The summed E-state index contributed by atoms with van der Waals surface area (Å²) in [4.78, 5) is 41.5. The molecule has 0 aliphatic carbocycles. The van der Waals surface area contributed by atoms with E-state index in [-0.39, 0.29) is 23.1 Å². The molecule has 2 aromatic rings. The Hall–Kier alpha value is -3.03. The van der Waals surface area contributed by atoms with Gasteiger partial charge in [-0.2, -0.15) is 0 Å². The number of anilines is 2. The molecular weight excluding hydrogens is 394 g/mol. The van der Waals surface area contributed by atoms with Crippen molar-refractivity contribution in [1.29, 1.82) is 0 Å². The molecule has 1 aromatic heterocycles. The topological polar surface area (TPSA) is 79.6 Å². The number of rotatable bonds is 8. The molecule has 0 radical (unpaired) electrons.